The van der Waals surface area contributed by atoms with E-state index in [1.807, 2.05) is 25.1 Å². The topological polar surface area (TPSA) is 21.6 Å². The molecule has 86 valence electrons. The maximum Gasteiger partial charge on any atom is 0.154 e. The molecule has 16 heavy (non-hydrogen) atoms. The molecule has 0 radical (unpaired) electrons. The fraction of sp³-hybridized carbons (Fsp3) is 0.417. The van der Waals surface area contributed by atoms with Crippen molar-refractivity contribution in [2.75, 3.05) is 5.88 Å². The van der Waals surface area contributed by atoms with Gasteiger partial charge in [0.1, 0.15) is 5.04 Å². The fourth-order valence-electron chi connectivity index (χ4n) is 1.44. The third kappa shape index (κ3) is 2.92. The Balaban J connectivity index is 1.85. The SMILES string of the molecule is CC1(CCl)CC(SCc2ccccc2)=NO1. The highest BCUT2D eigenvalue weighted by molar-refractivity contribution is 8.13. The molecule has 1 aliphatic heterocycles. The van der Waals surface area contributed by atoms with Crippen LogP contribution in [0.1, 0.15) is 18.9 Å². The number of hydrogen-bond acceptors (Lipinski definition) is 3. The highest BCUT2D eigenvalue weighted by Crippen LogP contribution is 2.30. The van der Waals surface area contributed by atoms with Crippen molar-refractivity contribution in [2.45, 2.75) is 24.7 Å². The second-order valence-electron chi connectivity index (χ2n) is 4.11. The first-order valence-corrected chi connectivity index (χ1v) is 6.72. The van der Waals surface area contributed by atoms with Gasteiger partial charge in [0.05, 0.1) is 5.88 Å². The van der Waals surface area contributed by atoms with Crippen molar-refractivity contribution in [3.63, 3.8) is 0 Å². The van der Waals surface area contributed by atoms with Gasteiger partial charge in [0.25, 0.3) is 0 Å². The van der Waals surface area contributed by atoms with Gasteiger partial charge in [-0.1, -0.05) is 35.5 Å². The van der Waals surface area contributed by atoms with Gasteiger partial charge in [-0.2, -0.15) is 0 Å². The molecular weight excluding hydrogens is 242 g/mol. The molecule has 1 atom stereocenters. The van der Waals surface area contributed by atoms with Crippen LogP contribution in [0, 0.1) is 0 Å². The largest absolute Gasteiger partial charge is 0.387 e. The minimum atomic E-state index is -0.305. The van der Waals surface area contributed by atoms with Gasteiger partial charge in [-0.3, -0.25) is 0 Å². The van der Waals surface area contributed by atoms with Gasteiger partial charge in [0.2, 0.25) is 0 Å². The highest BCUT2D eigenvalue weighted by atomic mass is 35.5. The summed E-state index contributed by atoms with van der Waals surface area (Å²) < 4.78 is 0. The summed E-state index contributed by atoms with van der Waals surface area (Å²) in [6.45, 7) is 1.99. The molecule has 0 N–H and O–H groups in total. The average Bonchev–Trinajstić information content (AvgIpc) is 2.71. The number of halogens is 1. The lowest BCUT2D eigenvalue weighted by Gasteiger charge is -2.16. The zero-order valence-corrected chi connectivity index (χ0v) is 10.7. The Bertz CT molecular complexity index is 382. The monoisotopic (exact) mass is 255 g/mol. The molecule has 0 aromatic heterocycles. The molecule has 0 aliphatic carbocycles. The zero-order chi connectivity index (χ0) is 11.4. The van der Waals surface area contributed by atoms with Gasteiger partial charge in [0, 0.05) is 12.2 Å². The van der Waals surface area contributed by atoms with Gasteiger partial charge in [-0.25, -0.2) is 0 Å². The van der Waals surface area contributed by atoms with Crippen molar-refractivity contribution in [1.82, 2.24) is 0 Å². The summed E-state index contributed by atoms with van der Waals surface area (Å²) in [6.07, 6.45) is 0.813. The first kappa shape index (κ1) is 11.8. The van der Waals surface area contributed by atoms with Gasteiger partial charge >= 0.3 is 0 Å². The second kappa shape index (κ2) is 5.11. The lowest BCUT2D eigenvalue weighted by molar-refractivity contribution is 0.0152. The zero-order valence-electron chi connectivity index (χ0n) is 9.15. The van der Waals surface area contributed by atoms with Gasteiger partial charge in [-0.05, 0) is 12.5 Å². The van der Waals surface area contributed by atoms with Crippen molar-refractivity contribution in [3.05, 3.63) is 35.9 Å². The second-order valence-corrected chi connectivity index (χ2v) is 5.43. The van der Waals surface area contributed by atoms with Crippen LogP contribution in [0.15, 0.2) is 35.5 Å². The number of alkyl halides is 1. The number of rotatable bonds is 3. The fourth-order valence-corrected chi connectivity index (χ4v) is 2.60. The molecular formula is C12H14ClNOS. The van der Waals surface area contributed by atoms with Crippen LogP contribution in [0.25, 0.3) is 0 Å². The molecule has 0 bridgehead atoms. The van der Waals surface area contributed by atoms with E-state index < -0.39 is 0 Å². The number of nitrogens with zero attached hydrogens (tertiary/aromatic N) is 1. The summed E-state index contributed by atoms with van der Waals surface area (Å²) in [7, 11) is 0. The number of thioether (sulfide) groups is 1. The summed E-state index contributed by atoms with van der Waals surface area (Å²) in [6, 6.07) is 10.3. The van der Waals surface area contributed by atoms with Gasteiger partial charge in [-0.15, -0.1) is 23.4 Å². The first-order valence-electron chi connectivity index (χ1n) is 5.20. The highest BCUT2D eigenvalue weighted by Gasteiger charge is 2.33. The van der Waals surface area contributed by atoms with E-state index >= 15 is 0 Å². The summed E-state index contributed by atoms with van der Waals surface area (Å²) in [4.78, 5) is 5.33. The van der Waals surface area contributed by atoms with Crippen LogP contribution in [0.3, 0.4) is 0 Å². The van der Waals surface area contributed by atoms with Crippen LogP contribution in [-0.4, -0.2) is 16.5 Å². The summed E-state index contributed by atoms with van der Waals surface area (Å²) in [5.41, 5.74) is 0.996. The number of benzene rings is 1. The number of oxime groups is 1. The van der Waals surface area contributed by atoms with Gasteiger partial charge < -0.3 is 4.84 Å². The van der Waals surface area contributed by atoms with E-state index in [1.54, 1.807) is 11.8 Å². The Kier molecular flexibility index (Phi) is 3.77. The molecule has 1 aromatic rings. The van der Waals surface area contributed by atoms with Crippen molar-refractivity contribution in [2.24, 2.45) is 5.16 Å². The molecule has 0 saturated heterocycles. The predicted octanol–water partition coefficient (Wildman–Crippen LogP) is 3.65. The van der Waals surface area contributed by atoms with E-state index in [0.717, 1.165) is 17.2 Å². The maximum atomic E-state index is 5.82. The lowest BCUT2D eigenvalue weighted by Crippen LogP contribution is -2.26. The summed E-state index contributed by atoms with van der Waals surface area (Å²) in [5, 5.41) is 5.10. The van der Waals surface area contributed by atoms with Crippen molar-refractivity contribution in [1.29, 1.82) is 0 Å². The van der Waals surface area contributed by atoms with Crippen LogP contribution in [0.4, 0.5) is 0 Å². The molecule has 1 heterocycles. The van der Waals surface area contributed by atoms with Crippen LogP contribution >= 0.6 is 23.4 Å². The normalized spacial score (nSPS) is 24.0. The lowest BCUT2D eigenvalue weighted by atomic mass is 10.1. The van der Waals surface area contributed by atoms with Crippen molar-refractivity contribution in [3.8, 4) is 0 Å². The summed E-state index contributed by atoms with van der Waals surface area (Å²) >= 11 is 7.55. The van der Waals surface area contributed by atoms with E-state index in [0.29, 0.717) is 5.88 Å². The average molecular weight is 256 g/mol. The molecule has 1 unspecified atom stereocenters. The molecule has 1 aromatic carbocycles. The Morgan fingerprint density at radius 3 is 2.81 bits per heavy atom. The van der Waals surface area contributed by atoms with Crippen LogP contribution in [-0.2, 0) is 10.6 Å². The molecule has 0 amide bonds. The first-order chi connectivity index (χ1) is 7.72. The summed E-state index contributed by atoms with van der Waals surface area (Å²) in [5.74, 6) is 1.41. The van der Waals surface area contributed by atoms with Crippen molar-refractivity contribution >= 4 is 28.4 Å². The standard InChI is InChI=1S/C12H14ClNOS/c1-12(9-13)7-11(14-15-12)16-8-10-5-3-2-4-6-10/h2-6H,7-9H2,1H3. The minimum absolute atomic E-state index is 0.305. The number of hydrogen-bond donors (Lipinski definition) is 0. The van der Waals surface area contributed by atoms with E-state index in [2.05, 4.69) is 17.3 Å². The Labute approximate surface area is 105 Å². The Hall–Kier alpha value is -0.670. The van der Waals surface area contributed by atoms with E-state index in [4.69, 9.17) is 16.4 Å². The maximum absolute atomic E-state index is 5.82. The molecule has 2 nitrogen and oxygen atoms in total. The Morgan fingerprint density at radius 1 is 1.44 bits per heavy atom. The molecule has 0 fully saturated rings. The predicted molar refractivity (Wildman–Crippen MR) is 70.0 cm³/mol. The third-order valence-electron chi connectivity index (χ3n) is 2.42. The molecule has 0 saturated carbocycles. The third-order valence-corrected chi connectivity index (χ3v) is 4.02. The molecule has 1 aliphatic rings. The van der Waals surface area contributed by atoms with Crippen molar-refractivity contribution < 1.29 is 4.84 Å². The smallest absolute Gasteiger partial charge is 0.154 e. The molecule has 0 spiro atoms. The molecule has 4 heteroatoms. The van der Waals surface area contributed by atoms with E-state index in [-0.39, 0.29) is 5.60 Å². The van der Waals surface area contributed by atoms with E-state index in [1.165, 1.54) is 5.56 Å². The Morgan fingerprint density at radius 2 is 2.19 bits per heavy atom. The van der Waals surface area contributed by atoms with Crippen LogP contribution < -0.4 is 0 Å². The van der Waals surface area contributed by atoms with Crippen LogP contribution in [0.2, 0.25) is 0 Å². The minimum Gasteiger partial charge on any atom is -0.387 e. The van der Waals surface area contributed by atoms with E-state index in [9.17, 15) is 0 Å². The quantitative estimate of drug-likeness (QED) is 0.769. The van der Waals surface area contributed by atoms with Crippen LogP contribution in [0.5, 0.6) is 0 Å². The van der Waals surface area contributed by atoms with Gasteiger partial charge in [0.15, 0.2) is 5.60 Å². The molecule has 2 rings (SSSR count).